The number of halogens is 4. The molecule has 2 heterocycles. The fourth-order valence-corrected chi connectivity index (χ4v) is 6.10. The minimum Gasteiger partial charge on any atom is -0.326 e. The van der Waals surface area contributed by atoms with Gasteiger partial charge in [0.15, 0.2) is 5.69 Å². The van der Waals surface area contributed by atoms with Crippen molar-refractivity contribution in [3.63, 3.8) is 0 Å². The van der Waals surface area contributed by atoms with Crippen molar-refractivity contribution in [3.8, 4) is 5.69 Å². The van der Waals surface area contributed by atoms with E-state index in [2.05, 4.69) is 20.1 Å². The van der Waals surface area contributed by atoms with Crippen molar-refractivity contribution < 1.29 is 26.6 Å². The summed E-state index contributed by atoms with van der Waals surface area (Å²) in [4.78, 5) is 17.9. The second-order valence-corrected chi connectivity index (χ2v) is 14.4. The zero-order chi connectivity index (χ0) is 33.3. The highest BCUT2D eigenvalue weighted by Gasteiger charge is 2.41. The summed E-state index contributed by atoms with van der Waals surface area (Å²) in [6, 6.07) is 14.7. The van der Waals surface area contributed by atoms with Crippen molar-refractivity contribution in [3.05, 3.63) is 107 Å². The van der Waals surface area contributed by atoms with Gasteiger partial charge in [0.2, 0.25) is 0 Å². The molecule has 5 rings (SSSR count). The third-order valence-corrected chi connectivity index (χ3v) is 9.58. The highest BCUT2D eigenvalue weighted by Crippen LogP contribution is 2.42. The second kappa shape index (κ2) is 13.0. The number of nitrogens with two attached hydrogens (primary N) is 1. The van der Waals surface area contributed by atoms with E-state index in [-0.39, 0.29) is 17.9 Å². The van der Waals surface area contributed by atoms with Crippen LogP contribution in [0, 0.1) is 11.7 Å². The van der Waals surface area contributed by atoms with Gasteiger partial charge in [-0.2, -0.15) is 18.3 Å². The molecule has 0 saturated heterocycles. The Bertz CT molecular complexity index is 1730. The Balaban J connectivity index is 1.59. The third-order valence-electron chi connectivity index (χ3n) is 7.93. The van der Waals surface area contributed by atoms with E-state index in [1.807, 2.05) is 26.8 Å². The van der Waals surface area contributed by atoms with E-state index in [9.17, 15) is 22.2 Å². The molecule has 1 amide bonds. The zero-order valence-electron chi connectivity index (χ0n) is 25.7. The first-order chi connectivity index (χ1) is 21.7. The largest absolute Gasteiger partial charge is 0.435 e. The summed E-state index contributed by atoms with van der Waals surface area (Å²) in [7, 11) is -1.57. The second-order valence-electron chi connectivity index (χ2n) is 12.5. The van der Waals surface area contributed by atoms with Gasteiger partial charge >= 0.3 is 6.18 Å². The smallest absolute Gasteiger partial charge is 0.326 e. The SMILES string of the molecule is CC(C)(C)[S@](=O)NC(CCC1CC1)(c1cccnc1)c1ccc(F)c(NC(=O)c2cc(C(F)(F)F)nn2-c2cccc(CN)c2)c1. The topological polar surface area (TPSA) is 115 Å². The van der Waals surface area contributed by atoms with Crippen molar-refractivity contribution in [1.29, 1.82) is 0 Å². The molecule has 0 aliphatic heterocycles. The first-order valence-electron chi connectivity index (χ1n) is 14.9. The van der Waals surface area contributed by atoms with Crippen LogP contribution in [0.5, 0.6) is 0 Å². The molecule has 0 radical (unpaired) electrons. The molecule has 2 aromatic heterocycles. The van der Waals surface area contributed by atoms with E-state index in [1.54, 1.807) is 36.7 Å². The lowest BCUT2D eigenvalue weighted by Crippen LogP contribution is -2.49. The Hall–Kier alpha value is -3.94. The lowest BCUT2D eigenvalue weighted by atomic mass is 9.80. The minimum atomic E-state index is -4.84. The molecular formula is C33H36F4N6O2S. The fourth-order valence-electron chi connectivity index (χ4n) is 5.14. The summed E-state index contributed by atoms with van der Waals surface area (Å²) >= 11 is 0. The van der Waals surface area contributed by atoms with E-state index in [0.717, 1.165) is 23.9 Å². The van der Waals surface area contributed by atoms with Crippen molar-refractivity contribution in [1.82, 2.24) is 19.5 Å². The van der Waals surface area contributed by atoms with E-state index in [1.165, 1.54) is 24.3 Å². The monoisotopic (exact) mass is 656 g/mol. The van der Waals surface area contributed by atoms with Crippen LogP contribution in [0.15, 0.2) is 73.1 Å². The Kier molecular flexibility index (Phi) is 9.48. The maximum absolute atomic E-state index is 15.4. The number of carbonyl (C=O) groups is 1. The van der Waals surface area contributed by atoms with Crippen LogP contribution in [0.1, 0.15) is 79.3 Å². The lowest BCUT2D eigenvalue weighted by Gasteiger charge is -2.38. The molecule has 0 spiro atoms. The molecule has 1 saturated carbocycles. The van der Waals surface area contributed by atoms with Crippen LogP contribution >= 0.6 is 0 Å². The molecule has 4 aromatic rings. The first kappa shape index (κ1) is 33.4. The molecule has 2 atom stereocenters. The van der Waals surface area contributed by atoms with Gasteiger partial charge in [-0.1, -0.05) is 37.1 Å². The molecule has 2 aromatic carbocycles. The van der Waals surface area contributed by atoms with Gasteiger partial charge in [-0.05, 0) is 86.6 Å². The molecular weight excluding hydrogens is 620 g/mol. The molecule has 8 nitrogen and oxygen atoms in total. The number of benzene rings is 2. The predicted octanol–water partition coefficient (Wildman–Crippen LogP) is 6.62. The molecule has 244 valence electrons. The zero-order valence-corrected chi connectivity index (χ0v) is 26.5. The maximum atomic E-state index is 15.4. The minimum absolute atomic E-state index is 0.119. The summed E-state index contributed by atoms with van der Waals surface area (Å²) in [5.74, 6) is -1.31. The molecule has 0 bridgehead atoms. The number of hydrogen-bond donors (Lipinski definition) is 3. The number of nitrogens with one attached hydrogen (secondary N) is 2. The molecule has 46 heavy (non-hydrogen) atoms. The lowest BCUT2D eigenvalue weighted by molar-refractivity contribution is -0.141. The van der Waals surface area contributed by atoms with Gasteiger partial charge in [-0.15, -0.1) is 0 Å². The molecule has 1 unspecified atom stereocenters. The number of rotatable bonds is 11. The van der Waals surface area contributed by atoms with Crippen LogP contribution in [0.2, 0.25) is 0 Å². The van der Waals surface area contributed by atoms with E-state index in [0.29, 0.717) is 35.1 Å². The van der Waals surface area contributed by atoms with Crippen LogP contribution in [0.25, 0.3) is 5.69 Å². The Labute approximate surface area is 267 Å². The Morgan fingerprint density at radius 3 is 2.43 bits per heavy atom. The first-order valence-corrected chi connectivity index (χ1v) is 16.0. The van der Waals surface area contributed by atoms with Crippen LogP contribution in [-0.2, 0) is 29.2 Å². The number of amides is 1. The summed E-state index contributed by atoms with van der Waals surface area (Å²) in [6.07, 6.45) is 1.90. The fraction of sp³-hybridized carbons (Fsp3) is 0.364. The van der Waals surface area contributed by atoms with Gasteiger partial charge in [-0.25, -0.2) is 18.0 Å². The summed E-state index contributed by atoms with van der Waals surface area (Å²) in [5.41, 5.74) is 4.64. The molecule has 1 fully saturated rings. The average molecular weight is 657 g/mol. The van der Waals surface area contributed by atoms with Crippen LogP contribution in [0.4, 0.5) is 23.2 Å². The molecule has 4 N–H and O–H groups in total. The standard InChI is InChI=1S/C33H36F4N6O2S/c1-31(2,3)46(45)42-32(14-13-21-9-10-21,24-7-5-15-39-20-24)23-11-12-26(34)27(17-23)40-30(44)28-18-29(33(35,36)37)41-43(28)25-8-4-6-22(16-25)19-38/h4-8,11-12,15-18,20-21,42H,9-10,13-14,19,38H2,1-3H3,(H,40,44)/t32?,46-/m0/s1. The van der Waals surface area contributed by atoms with Gasteiger partial charge < -0.3 is 11.1 Å². The predicted molar refractivity (Wildman–Crippen MR) is 169 cm³/mol. The van der Waals surface area contributed by atoms with E-state index >= 15 is 4.39 Å². The van der Waals surface area contributed by atoms with Gasteiger partial charge in [0.1, 0.15) is 11.5 Å². The highest BCUT2D eigenvalue weighted by atomic mass is 32.2. The highest BCUT2D eigenvalue weighted by molar-refractivity contribution is 7.84. The summed E-state index contributed by atoms with van der Waals surface area (Å²) in [6.45, 7) is 5.63. The number of alkyl halides is 3. The van der Waals surface area contributed by atoms with Gasteiger partial charge in [-0.3, -0.25) is 9.78 Å². The maximum Gasteiger partial charge on any atom is 0.435 e. The van der Waals surface area contributed by atoms with E-state index in [4.69, 9.17) is 5.73 Å². The van der Waals surface area contributed by atoms with Crippen molar-refractivity contribution in [2.75, 3.05) is 5.32 Å². The molecule has 1 aliphatic carbocycles. The van der Waals surface area contributed by atoms with Crippen LogP contribution in [-0.4, -0.2) is 29.6 Å². The number of pyridine rings is 1. The van der Waals surface area contributed by atoms with Crippen LogP contribution < -0.4 is 15.8 Å². The van der Waals surface area contributed by atoms with E-state index < -0.39 is 50.6 Å². The van der Waals surface area contributed by atoms with Gasteiger partial charge in [0.25, 0.3) is 5.91 Å². The summed E-state index contributed by atoms with van der Waals surface area (Å²) in [5, 5.41) is 6.13. The average Bonchev–Trinajstić information content (AvgIpc) is 3.73. The van der Waals surface area contributed by atoms with Crippen molar-refractivity contribution >= 4 is 22.6 Å². The third kappa shape index (κ3) is 7.37. The number of aromatic nitrogens is 3. The summed E-state index contributed by atoms with van der Waals surface area (Å²) < 4.78 is 73.8. The number of anilines is 1. The Morgan fingerprint density at radius 2 is 1.80 bits per heavy atom. The number of hydrogen-bond acceptors (Lipinski definition) is 5. The molecule has 1 aliphatic rings. The van der Waals surface area contributed by atoms with Crippen LogP contribution in [0.3, 0.4) is 0 Å². The number of carbonyl (C=O) groups excluding carboxylic acids is 1. The van der Waals surface area contributed by atoms with Gasteiger partial charge in [0, 0.05) is 25.0 Å². The van der Waals surface area contributed by atoms with Crippen molar-refractivity contribution in [2.45, 2.75) is 69.5 Å². The van der Waals surface area contributed by atoms with Crippen molar-refractivity contribution in [2.24, 2.45) is 11.7 Å². The molecule has 13 heteroatoms. The number of nitrogens with zero attached hydrogens (tertiary/aromatic N) is 3. The quantitative estimate of drug-likeness (QED) is 0.157. The Morgan fingerprint density at radius 1 is 1.04 bits per heavy atom. The van der Waals surface area contributed by atoms with Gasteiger partial charge in [0.05, 0.1) is 32.6 Å². The normalized spacial score (nSPS) is 15.7.